The standard InChI is InChI=1S/C30H28F8N2O2/c31-28(32)12-5-13-39(19-28)22-8-3-6-20(14-22)16-27(21-7-4-9-23(15-21)42-30(36,37)38)18-40(17-26(41)29(33,34)35)25-11-2-1-10-24(25)27/h1-4,6-11,14-15,26,41H,5,12-13,16-19H2. The number of nitrogens with zero attached hydrogens (tertiary/aromatic N) is 2. The van der Waals surface area contributed by atoms with Gasteiger partial charge in [-0.2, -0.15) is 13.2 Å². The van der Waals surface area contributed by atoms with Gasteiger partial charge in [-0.1, -0.05) is 42.5 Å². The molecule has 5 rings (SSSR count). The fourth-order valence-electron chi connectivity index (χ4n) is 6.01. The van der Waals surface area contributed by atoms with E-state index in [1.165, 1.54) is 17.0 Å². The number of piperidine rings is 1. The van der Waals surface area contributed by atoms with Gasteiger partial charge in [0.2, 0.25) is 0 Å². The fourth-order valence-corrected chi connectivity index (χ4v) is 6.01. The van der Waals surface area contributed by atoms with Crippen molar-refractivity contribution in [2.24, 2.45) is 0 Å². The lowest BCUT2D eigenvalue weighted by Crippen LogP contribution is -2.44. The van der Waals surface area contributed by atoms with Gasteiger partial charge >= 0.3 is 12.5 Å². The molecule has 42 heavy (non-hydrogen) atoms. The molecule has 4 nitrogen and oxygen atoms in total. The number of aliphatic hydroxyl groups is 1. The first-order valence-electron chi connectivity index (χ1n) is 13.3. The third-order valence-corrected chi connectivity index (χ3v) is 7.79. The van der Waals surface area contributed by atoms with Crippen molar-refractivity contribution in [3.63, 3.8) is 0 Å². The van der Waals surface area contributed by atoms with Crippen molar-refractivity contribution in [2.45, 2.75) is 49.2 Å². The average Bonchev–Trinajstić information content (AvgIpc) is 3.21. The number of anilines is 2. The van der Waals surface area contributed by atoms with Crippen LogP contribution in [0.2, 0.25) is 0 Å². The van der Waals surface area contributed by atoms with Crippen molar-refractivity contribution < 1.29 is 45.0 Å². The van der Waals surface area contributed by atoms with Crippen LogP contribution in [0.3, 0.4) is 0 Å². The third-order valence-electron chi connectivity index (χ3n) is 7.79. The van der Waals surface area contributed by atoms with E-state index in [0.717, 1.165) is 6.07 Å². The lowest BCUT2D eigenvalue weighted by Gasteiger charge is -2.35. The average molecular weight is 601 g/mol. The minimum Gasteiger partial charge on any atom is -0.406 e. The lowest BCUT2D eigenvalue weighted by molar-refractivity contribution is -0.274. The number of halogens is 8. The van der Waals surface area contributed by atoms with Gasteiger partial charge < -0.3 is 19.6 Å². The van der Waals surface area contributed by atoms with Gasteiger partial charge in [0.25, 0.3) is 5.92 Å². The molecule has 3 aromatic rings. The molecule has 3 aromatic carbocycles. The number of fused-ring (bicyclic) bond motifs is 1. The number of rotatable bonds is 7. The minimum absolute atomic E-state index is 0.0963. The fraction of sp³-hybridized carbons (Fsp3) is 0.400. The number of para-hydroxylation sites is 1. The van der Waals surface area contributed by atoms with Gasteiger partial charge in [0.15, 0.2) is 6.10 Å². The maximum Gasteiger partial charge on any atom is 0.573 e. The monoisotopic (exact) mass is 600 g/mol. The number of aliphatic hydroxyl groups excluding tert-OH is 1. The first kappa shape index (κ1) is 29.9. The summed E-state index contributed by atoms with van der Waals surface area (Å²) in [6, 6.07) is 18.8. The van der Waals surface area contributed by atoms with Gasteiger partial charge in [0.05, 0.1) is 13.1 Å². The highest BCUT2D eigenvalue weighted by atomic mass is 19.4. The molecule has 2 aliphatic rings. The Morgan fingerprint density at radius 1 is 0.881 bits per heavy atom. The van der Waals surface area contributed by atoms with Crippen molar-refractivity contribution in [3.8, 4) is 5.75 Å². The van der Waals surface area contributed by atoms with Gasteiger partial charge in [0, 0.05) is 36.3 Å². The van der Waals surface area contributed by atoms with E-state index in [2.05, 4.69) is 4.74 Å². The molecule has 2 atom stereocenters. The summed E-state index contributed by atoms with van der Waals surface area (Å²) >= 11 is 0. The Balaban J connectivity index is 1.59. The van der Waals surface area contributed by atoms with Crippen LogP contribution < -0.4 is 14.5 Å². The number of hydrogen-bond donors (Lipinski definition) is 1. The summed E-state index contributed by atoms with van der Waals surface area (Å²) in [6.07, 6.45) is -12.3. The Kier molecular flexibility index (Phi) is 7.80. The van der Waals surface area contributed by atoms with E-state index in [1.807, 2.05) is 0 Å². The van der Waals surface area contributed by atoms with Crippen molar-refractivity contribution in [3.05, 3.63) is 89.5 Å². The van der Waals surface area contributed by atoms with Crippen LogP contribution in [0.15, 0.2) is 72.8 Å². The van der Waals surface area contributed by atoms with Crippen LogP contribution in [0.25, 0.3) is 0 Å². The molecule has 2 heterocycles. The highest BCUT2D eigenvalue weighted by Gasteiger charge is 2.48. The summed E-state index contributed by atoms with van der Waals surface area (Å²) < 4.78 is 112. The minimum atomic E-state index is -4.97. The number of benzene rings is 3. The van der Waals surface area contributed by atoms with Crippen molar-refractivity contribution >= 4 is 11.4 Å². The first-order chi connectivity index (χ1) is 19.7. The normalized spacial score (nSPS) is 21.3. The highest BCUT2D eigenvalue weighted by molar-refractivity contribution is 5.67. The van der Waals surface area contributed by atoms with Crippen LogP contribution >= 0.6 is 0 Å². The zero-order valence-corrected chi connectivity index (χ0v) is 22.2. The molecule has 0 amide bonds. The molecule has 1 fully saturated rings. The van der Waals surface area contributed by atoms with E-state index in [9.17, 15) is 40.2 Å². The van der Waals surface area contributed by atoms with Crippen LogP contribution in [-0.4, -0.2) is 55.9 Å². The lowest BCUT2D eigenvalue weighted by atomic mass is 9.71. The smallest absolute Gasteiger partial charge is 0.406 e. The van der Waals surface area contributed by atoms with Crippen molar-refractivity contribution in [1.82, 2.24) is 0 Å². The number of alkyl halides is 8. The van der Waals surface area contributed by atoms with Crippen molar-refractivity contribution in [1.29, 1.82) is 0 Å². The number of hydrogen-bond acceptors (Lipinski definition) is 4. The Bertz CT molecular complexity index is 1410. The van der Waals surface area contributed by atoms with Gasteiger partial charge in [-0.15, -0.1) is 13.2 Å². The predicted molar refractivity (Wildman–Crippen MR) is 141 cm³/mol. The molecule has 0 bridgehead atoms. The molecule has 2 unspecified atom stereocenters. The van der Waals surface area contributed by atoms with Gasteiger partial charge in [0.1, 0.15) is 5.75 Å². The second-order valence-electron chi connectivity index (χ2n) is 10.8. The molecular formula is C30H28F8N2O2. The largest absolute Gasteiger partial charge is 0.573 e. The predicted octanol–water partition coefficient (Wildman–Crippen LogP) is 7.09. The van der Waals surface area contributed by atoms with Crippen LogP contribution in [-0.2, 0) is 11.8 Å². The zero-order valence-electron chi connectivity index (χ0n) is 22.2. The Morgan fingerprint density at radius 3 is 2.33 bits per heavy atom. The second-order valence-corrected chi connectivity index (χ2v) is 10.8. The molecule has 0 saturated carbocycles. The zero-order chi connectivity index (χ0) is 30.3. The van der Waals surface area contributed by atoms with Crippen LogP contribution in [0, 0.1) is 0 Å². The summed E-state index contributed by atoms with van der Waals surface area (Å²) in [6.45, 7) is -0.914. The Labute approximate surface area is 237 Å². The first-order valence-corrected chi connectivity index (χ1v) is 13.3. The molecule has 0 spiro atoms. The third kappa shape index (κ3) is 6.43. The molecule has 1 N–H and O–H groups in total. The van der Waals surface area contributed by atoms with Gasteiger partial charge in [-0.3, -0.25) is 0 Å². The SMILES string of the molecule is OC(CN1CC(Cc2cccc(N3CCCC(F)(F)C3)c2)(c2cccc(OC(F)(F)F)c2)c2ccccc21)C(F)(F)F. The number of ether oxygens (including phenoxy) is 1. The summed E-state index contributed by atoms with van der Waals surface area (Å²) in [5, 5.41) is 9.92. The molecule has 1 saturated heterocycles. The van der Waals surface area contributed by atoms with E-state index >= 15 is 0 Å². The Hall–Kier alpha value is -3.54. The highest BCUT2D eigenvalue weighted by Crippen LogP contribution is 2.48. The Morgan fingerprint density at radius 2 is 1.62 bits per heavy atom. The van der Waals surface area contributed by atoms with Crippen LogP contribution in [0.1, 0.15) is 29.5 Å². The maximum absolute atomic E-state index is 14.2. The van der Waals surface area contributed by atoms with E-state index in [0.29, 0.717) is 41.0 Å². The summed E-state index contributed by atoms with van der Waals surface area (Å²) in [5.74, 6) is -3.34. The molecule has 0 radical (unpaired) electrons. The van der Waals surface area contributed by atoms with Gasteiger partial charge in [-0.25, -0.2) is 8.78 Å². The summed E-state index contributed by atoms with van der Waals surface area (Å²) in [4.78, 5) is 2.95. The number of β-amino-alcohol motifs (C(OH)–C–C–N with tert-alkyl or cyclic N) is 1. The molecule has 2 aliphatic heterocycles. The van der Waals surface area contributed by atoms with Crippen molar-refractivity contribution in [2.75, 3.05) is 36.0 Å². The maximum atomic E-state index is 14.2. The van der Waals surface area contributed by atoms with E-state index in [4.69, 9.17) is 0 Å². The van der Waals surface area contributed by atoms with Gasteiger partial charge in [-0.05, 0) is 59.9 Å². The van der Waals surface area contributed by atoms with E-state index < -0.39 is 48.8 Å². The topological polar surface area (TPSA) is 35.9 Å². The molecule has 12 heteroatoms. The van der Waals surface area contributed by atoms with E-state index in [-0.39, 0.29) is 19.4 Å². The molecular weight excluding hydrogens is 572 g/mol. The molecule has 226 valence electrons. The summed E-state index contributed by atoms with van der Waals surface area (Å²) in [7, 11) is 0. The second kappa shape index (κ2) is 10.9. The molecule has 0 aromatic heterocycles. The van der Waals surface area contributed by atoms with Crippen LogP contribution in [0.5, 0.6) is 5.75 Å². The quantitative estimate of drug-likeness (QED) is 0.294. The van der Waals surface area contributed by atoms with E-state index in [1.54, 1.807) is 59.5 Å². The van der Waals surface area contributed by atoms with Crippen LogP contribution in [0.4, 0.5) is 46.5 Å². The summed E-state index contributed by atoms with van der Waals surface area (Å²) in [5.41, 5.74) is 1.34. The molecule has 0 aliphatic carbocycles.